The first kappa shape index (κ1) is 29.0. The molecule has 2 aromatic carbocycles. The number of alkyl halides is 3. The van der Waals surface area contributed by atoms with E-state index >= 15 is 0 Å². The summed E-state index contributed by atoms with van der Waals surface area (Å²) >= 11 is 0. The number of carbonyl (C=O) groups excluding carboxylic acids is 1. The number of aliphatic carboxylic acids is 1. The number of hydrogen-bond donors (Lipinski definition) is 2. The number of aromatic nitrogens is 1. The van der Waals surface area contributed by atoms with Crippen LogP contribution in [-0.4, -0.2) is 69.7 Å². The van der Waals surface area contributed by atoms with Crippen molar-refractivity contribution in [2.45, 2.75) is 64.3 Å². The molecule has 220 valence electrons. The Kier molecular flexibility index (Phi) is 7.80. The zero-order valence-corrected chi connectivity index (χ0v) is 23.4. The number of fused-ring (bicyclic) bond motifs is 2. The lowest BCUT2D eigenvalue weighted by atomic mass is 9.71. The fraction of sp³-hybridized carbons (Fsp3) is 0.484. The average Bonchev–Trinajstić information content (AvgIpc) is 3.50. The number of para-hydroxylation sites is 2. The van der Waals surface area contributed by atoms with Crippen molar-refractivity contribution < 1.29 is 32.6 Å². The van der Waals surface area contributed by atoms with Crippen molar-refractivity contribution in [3.63, 3.8) is 0 Å². The third-order valence-corrected chi connectivity index (χ3v) is 8.66. The van der Waals surface area contributed by atoms with Crippen molar-refractivity contribution in [3.05, 3.63) is 65.4 Å². The van der Waals surface area contributed by atoms with Crippen LogP contribution in [0.2, 0.25) is 0 Å². The molecule has 4 heterocycles. The van der Waals surface area contributed by atoms with Gasteiger partial charge in [-0.05, 0) is 69.7 Å². The molecule has 1 spiro atoms. The number of nitrogens with zero attached hydrogens (tertiary/aromatic N) is 2. The zero-order chi connectivity index (χ0) is 29.4. The van der Waals surface area contributed by atoms with Crippen molar-refractivity contribution in [1.82, 2.24) is 14.8 Å². The molecule has 7 nitrogen and oxygen atoms in total. The summed E-state index contributed by atoms with van der Waals surface area (Å²) in [5.74, 6) is -1.46. The predicted molar refractivity (Wildman–Crippen MR) is 149 cm³/mol. The maximum atomic E-state index is 13.2. The van der Waals surface area contributed by atoms with Gasteiger partial charge in [0, 0.05) is 48.7 Å². The molecule has 6 rings (SSSR count). The Balaban J connectivity index is 0.000000431. The van der Waals surface area contributed by atoms with Gasteiger partial charge in [-0.1, -0.05) is 36.4 Å². The highest BCUT2D eigenvalue weighted by Gasteiger charge is 2.40. The van der Waals surface area contributed by atoms with Gasteiger partial charge < -0.3 is 19.7 Å². The summed E-state index contributed by atoms with van der Waals surface area (Å²) in [6, 6.07) is 14.7. The van der Waals surface area contributed by atoms with Gasteiger partial charge in [0.1, 0.15) is 11.4 Å². The smallest absolute Gasteiger partial charge is 0.487 e. The summed E-state index contributed by atoms with van der Waals surface area (Å²) < 4.78 is 38.0. The number of likely N-dealkylation sites (tertiary alicyclic amines) is 2. The summed E-state index contributed by atoms with van der Waals surface area (Å²) in [4.78, 5) is 30.0. The lowest BCUT2D eigenvalue weighted by Crippen LogP contribution is -2.48. The second-order valence-corrected chi connectivity index (χ2v) is 12.1. The van der Waals surface area contributed by atoms with Crippen LogP contribution in [0.25, 0.3) is 10.9 Å². The van der Waals surface area contributed by atoms with E-state index in [0.717, 1.165) is 74.2 Å². The Hall–Kier alpha value is -3.53. The van der Waals surface area contributed by atoms with Crippen molar-refractivity contribution >= 4 is 22.8 Å². The Morgan fingerprint density at radius 1 is 0.976 bits per heavy atom. The topological polar surface area (TPSA) is 85.9 Å². The maximum Gasteiger partial charge on any atom is 0.490 e. The van der Waals surface area contributed by atoms with Crippen LogP contribution in [0.4, 0.5) is 13.2 Å². The Labute approximate surface area is 237 Å². The van der Waals surface area contributed by atoms with Crippen LogP contribution in [-0.2, 0) is 17.8 Å². The number of nitrogens with one attached hydrogen (secondary N) is 1. The fourth-order valence-corrected chi connectivity index (χ4v) is 6.33. The van der Waals surface area contributed by atoms with Crippen LogP contribution in [0.1, 0.15) is 61.0 Å². The number of carboxylic acid groups (broad SMARTS) is 1. The van der Waals surface area contributed by atoms with Crippen LogP contribution in [0, 0.1) is 5.41 Å². The van der Waals surface area contributed by atoms with Gasteiger partial charge in [-0.3, -0.25) is 9.69 Å². The molecule has 0 unspecified atom stereocenters. The van der Waals surface area contributed by atoms with Gasteiger partial charge in [0.2, 0.25) is 0 Å². The summed E-state index contributed by atoms with van der Waals surface area (Å²) in [5, 5.41) is 8.15. The molecular weight excluding hydrogens is 535 g/mol. The first-order valence-electron chi connectivity index (χ1n) is 14.0. The van der Waals surface area contributed by atoms with Gasteiger partial charge in [0.05, 0.1) is 5.56 Å². The van der Waals surface area contributed by atoms with Crippen molar-refractivity contribution in [1.29, 1.82) is 0 Å². The van der Waals surface area contributed by atoms with E-state index < -0.39 is 12.1 Å². The molecule has 3 aliphatic rings. The molecule has 3 aromatic rings. The number of carboxylic acids is 1. The third-order valence-electron chi connectivity index (χ3n) is 8.66. The first-order chi connectivity index (χ1) is 19.4. The highest BCUT2D eigenvalue weighted by Crippen LogP contribution is 2.43. The minimum Gasteiger partial charge on any atom is -0.487 e. The molecule has 41 heavy (non-hydrogen) atoms. The highest BCUT2D eigenvalue weighted by atomic mass is 19.4. The largest absolute Gasteiger partial charge is 0.490 e. The van der Waals surface area contributed by atoms with Gasteiger partial charge in [0.25, 0.3) is 5.91 Å². The number of carbonyl (C=O) groups is 2. The van der Waals surface area contributed by atoms with E-state index in [4.69, 9.17) is 14.6 Å². The fourth-order valence-electron chi connectivity index (χ4n) is 6.33. The second kappa shape index (κ2) is 11.0. The number of amides is 1. The second-order valence-electron chi connectivity index (χ2n) is 12.1. The van der Waals surface area contributed by atoms with Gasteiger partial charge in [-0.25, -0.2) is 4.79 Å². The number of benzene rings is 2. The molecule has 0 radical (unpaired) electrons. The van der Waals surface area contributed by atoms with E-state index in [1.165, 1.54) is 24.0 Å². The Morgan fingerprint density at radius 2 is 1.61 bits per heavy atom. The summed E-state index contributed by atoms with van der Waals surface area (Å²) in [7, 11) is 0. The normalized spacial score (nSPS) is 19.8. The van der Waals surface area contributed by atoms with Crippen LogP contribution in [0.3, 0.4) is 0 Å². The number of rotatable bonds is 3. The van der Waals surface area contributed by atoms with E-state index in [1.807, 2.05) is 30.5 Å². The van der Waals surface area contributed by atoms with Crippen LogP contribution in [0.5, 0.6) is 5.75 Å². The van der Waals surface area contributed by atoms with E-state index in [1.54, 1.807) is 0 Å². The van der Waals surface area contributed by atoms with Crippen LogP contribution < -0.4 is 4.74 Å². The van der Waals surface area contributed by atoms with Crippen molar-refractivity contribution in [2.24, 2.45) is 5.41 Å². The zero-order valence-electron chi connectivity index (χ0n) is 23.4. The number of halogens is 3. The minimum absolute atomic E-state index is 0.0948. The Bertz CT molecular complexity index is 1410. The van der Waals surface area contributed by atoms with Crippen LogP contribution in [0.15, 0.2) is 48.7 Å². The standard InChI is InChI=1S/C29H35N3O2.C2HF3O2/c1-28(2)18-21-6-5-7-22(26(21)34-28)20-31-14-10-29(11-15-31)12-16-32(17-13-29)27(33)24-19-30-25-9-4-3-8-23(24)25;3-2(4,5)1(6)7/h3-9,19,30H,10-18,20H2,1-2H3;(H,6,7). The summed E-state index contributed by atoms with van der Waals surface area (Å²) in [6.45, 7) is 9.32. The molecule has 0 aliphatic carbocycles. The highest BCUT2D eigenvalue weighted by molar-refractivity contribution is 6.06. The molecule has 3 aliphatic heterocycles. The summed E-state index contributed by atoms with van der Waals surface area (Å²) in [6.07, 6.45) is 2.47. The number of aromatic amines is 1. The monoisotopic (exact) mass is 571 g/mol. The third kappa shape index (κ3) is 6.37. The number of H-pyrrole nitrogens is 1. The lowest BCUT2D eigenvalue weighted by molar-refractivity contribution is -0.192. The molecule has 2 N–H and O–H groups in total. The molecule has 1 amide bonds. The van der Waals surface area contributed by atoms with E-state index in [9.17, 15) is 18.0 Å². The van der Waals surface area contributed by atoms with Gasteiger partial charge in [-0.2, -0.15) is 13.2 Å². The molecule has 2 saturated heterocycles. The van der Waals surface area contributed by atoms with Gasteiger partial charge in [-0.15, -0.1) is 0 Å². The van der Waals surface area contributed by atoms with Gasteiger partial charge in [0.15, 0.2) is 0 Å². The van der Waals surface area contributed by atoms with Crippen molar-refractivity contribution in [2.75, 3.05) is 26.2 Å². The first-order valence-corrected chi connectivity index (χ1v) is 14.0. The predicted octanol–water partition coefficient (Wildman–Crippen LogP) is 6.03. The number of piperidine rings is 2. The maximum absolute atomic E-state index is 13.2. The van der Waals surface area contributed by atoms with Crippen molar-refractivity contribution in [3.8, 4) is 5.75 Å². The molecule has 1 aromatic heterocycles. The van der Waals surface area contributed by atoms with Crippen LogP contribution >= 0.6 is 0 Å². The molecule has 0 bridgehead atoms. The SMILES string of the molecule is CC1(C)Cc2cccc(CN3CCC4(CC3)CCN(C(=O)c3c[nH]c5ccccc35)CC4)c2O1.O=C(O)C(F)(F)F. The lowest BCUT2D eigenvalue weighted by Gasteiger charge is -2.47. The number of ether oxygens (including phenoxy) is 1. The van der Waals surface area contributed by atoms with Gasteiger partial charge >= 0.3 is 12.1 Å². The molecular formula is C31H36F3N3O4. The number of hydrogen-bond acceptors (Lipinski definition) is 4. The molecule has 10 heteroatoms. The van der Waals surface area contributed by atoms with E-state index in [0.29, 0.717) is 5.41 Å². The summed E-state index contributed by atoms with van der Waals surface area (Å²) in [5.41, 5.74) is 4.82. The van der Waals surface area contributed by atoms with E-state index in [-0.39, 0.29) is 11.5 Å². The Morgan fingerprint density at radius 3 is 2.27 bits per heavy atom. The average molecular weight is 572 g/mol. The quantitative estimate of drug-likeness (QED) is 0.401. The van der Waals surface area contributed by atoms with E-state index in [2.05, 4.69) is 46.8 Å². The molecule has 0 atom stereocenters. The minimum atomic E-state index is -5.08. The molecule has 0 saturated carbocycles. The molecule has 2 fully saturated rings.